The fourth-order valence-corrected chi connectivity index (χ4v) is 0.639. The lowest BCUT2D eigenvalue weighted by Gasteiger charge is -1.98. The molecule has 3 nitrogen and oxygen atoms in total. The van der Waals surface area contributed by atoms with Crippen molar-refractivity contribution in [3.8, 4) is 6.07 Å². The van der Waals surface area contributed by atoms with E-state index in [1.807, 2.05) is 13.0 Å². The Labute approximate surface area is 65.3 Å². The zero-order chi connectivity index (χ0) is 8.15. The number of allylic oxidation sites excluding steroid dienone is 1. The molecule has 0 amide bonds. The van der Waals surface area contributed by atoms with Crippen LogP contribution in [0.3, 0.4) is 0 Å². The SMILES string of the molecule is CC/C(N)=C(/C#N)C(N)=S. The predicted molar refractivity (Wildman–Crippen MR) is 43.9 cm³/mol. The number of hydrogen-bond acceptors (Lipinski definition) is 3. The van der Waals surface area contributed by atoms with Gasteiger partial charge in [-0.15, -0.1) is 0 Å². The van der Waals surface area contributed by atoms with Gasteiger partial charge in [-0.05, 0) is 6.42 Å². The van der Waals surface area contributed by atoms with Crippen molar-refractivity contribution in [1.82, 2.24) is 0 Å². The van der Waals surface area contributed by atoms with Crippen molar-refractivity contribution in [1.29, 1.82) is 5.26 Å². The molecule has 0 aliphatic carbocycles. The van der Waals surface area contributed by atoms with Crippen molar-refractivity contribution in [2.75, 3.05) is 0 Å². The molecule has 10 heavy (non-hydrogen) atoms. The van der Waals surface area contributed by atoms with Crippen LogP contribution in [-0.4, -0.2) is 4.99 Å². The summed E-state index contributed by atoms with van der Waals surface area (Å²) < 4.78 is 0. The average molecular weight is 155 g/mol. The van der Waals surface area contributed by atoms with Gasteiger partial charge >= 0.3 is 0 Å². The lowest BCUT2D eigenvalue weighted by molar-refractivity contribution is 1.06. The lowest BCUT2D eigenvalue weighted by Crippen LogP contribution is -2.15. The van der Waals surface area contributed by atoms with Crippen LogP contribution in [0, 0.1) is 11.3 Å². The first kappa shape index (κ1) is 8.92. The van der Waals surface area contributed by atoms with Gasteiger partial charge in [-0.25, -0.2) is 0 Å². The summed E-state index contributed by atoms with van der Waals surface area (Å²) in [6.45, 7) is 1.84. The largest absolute Gasteiger partial charge is 0.401 e. The van der Waals surface area contributed by atoms with E-state index in [1.54, 1.807) is 0 Å². The van der Waals surface area contributed by atoms with Crippen LogP contribution >= 0.6 is 12.2 Å². The molecule has 0 rings (SSSR count). The van der Waals surface area contributed by atoms with E-state index in [2.05, 4.69) is 12.2 Å². The molecule has 0 spiro atoms. The molecular formula is C6H9N3S. The highest BCUT2D eigenvalue weighted by atomic mass is 32.1. The van der Waals surface area contributed by atoms with Gasteiger partial charge in [0.05, 0.1) is 0 Å². The third-order valence-corrected chi connectivity index (χ3v) is 1.26. The third kappa shape index (κ3) is 2.03. The van der Waals surface area contributed by atoms with Gasteiger partial charge in [0.1, 0.15) is 16.6 Å². The Hall–Kier alpha value is -1.08. The number of nitrogens with two attached hydrogens (primary N) is 2. The van der Waals surface area contributed by atoms with Crippen molar-refractivity contribution in [2.24, 2.45) is 11.5 Å². The maximum Gasteiger partial charge on any atom is 0.116 e. The second kappa shape index (κ2) is 3.85. The minimum atomic E-state index is 0.0712. The van der Waals surface area contributed by atoms with Crippen molar-refractivity contribution in [3.05, 3.63) is 11.3 Å². The number of thiocarbonyl (C=S) groups is 1. The summed E-state index contributed by atoms with van der Waals surface area (Å²) in [4.78, 5) is 0.0712. The molecule has 0 unspecified atom stereocenters. The Morgan fingerprint density at radius 2 is 2.10 bits per heavy atom. The van der Waals surface area contributed by atoms with Crippen molar-refractivity contribution in [2.45, 2.75) is 13.3 Å². The van der Waals surface area contributed by atoms with E-state index in [1.165, 1.54) is 0 Å². The Morgan fingerprint density at radius 1 is 1.60 bits per heavy atom. The van der Waals surface area contributed by atoms with Gasteiger partial charge in [0, 0.05) is 5.70 Å². The van der Waals surface area contributed by atoms with Crippen molar-refractivity contribution < 1.29 is 0 Å². The van der Waals surface area contributed by atoms with Crippen molar-refractivity contribution >= 4 is 17.2 Å². The van der Waals surface area contributed by atoms with Gasteiger partial charge < -0.3 is 11.5 Å². The number of nitriles is 1. The summed E-state index contributed by atoms with van der Waals surface area (Å²) in [5.74, 6) is 0. The Kier molecular flexibility index (Phi) is 3.44. The lowest BCUT2D eigenvalue weighted by atomic mass is 10.2. The topological polar surface area (TPSA) is 75.8 Å². The molecule has 0 aromatic rings. The van der Waals surface area contributed by atoms with Gasteiger partial charge in [0.15, 0.2) is 0 Å². The van der Waals surface area contributed by atoms with Gasteiger partial charge in [-0.3, -0.25) is 0 Å². The van der Waals surface area contributed by atoms with E-state index < -0.39 is 0 Å². The Balaban J connectivity index is 4.68. The van der Waals surface area contributed by atoms with Crippen LogP contribution in [0.2, 0.25) is 0 Å². The summed E-state index contributed by atoms with van der Waals surface area (Å²) in [6, 6.07) is 1.84. The molecule has 54 valence electrons. The smallest absolute Gasteiger partial charge is 0.116 e. The first-order valence-corrected chi connectivity index (χ1v) is 3.22. The van der Waals surface area contributed by atoms with Crippen LogP contribution in [0.25, 0.3) is 0 Å². The summed E-state index contributed by atoms with van der Waals surface area (Å²) >= 11 is 4.58. The first-order chi connectivity index (χ1) is 4.63. The van der Waals surface area contributed by atoms with E-state index in [9.17, 15) is 0 Å². The zero-order valence-corrected chi connectivity index (χ0v) is 6.53. The van der Waals surface area contributed by atoms with E-state index in [4.69, 9.17) is 16.7 Å². The van der Waals surface area contributed by atoms with Crippen LogP contribution in [0.1, 0.15) is 13.3 Å². The van der Waals surface area contributed by atoms with E-state index in [0.29, 0.717) is 12.1 Å². The van der Waals surface area contributed by atoms with Crippen molar-refractivity contribution in [3.63, 3.8) is 0 Å². The summed E-state index contributed by atoms with van der Waals surface area (Å²) in [5, 5.41) is 8.44. The van der Waals surface area contributed by atoms with Gasteiger partial charge in [-0.2, -0.15) is 5.26 Å². The van der Waals surface area contributed by atoms with Gasteiger partial charge in [0.25, 0.3) is 0 Å². The van der Waals surface area contributed by atoms with Gasteiger partial charge in [-0.1, -0.05) is 19.1 Å². The maximum absolute atomic E-state index is 8.44. The summed E-state index contributed by atoms with van der Waals surface area (Å²) in [5.41, 5.74) is 11.3. The average Bonchev–Trinajstić information content (AvgIpc) is 1.88. The molecule has 0 saturated carbocycles. The van der Waals surface area contributed by atoms with Crippen LogP contribution < -0.4 is 11.5 Å². The minimum Gasteiger partial charge on any atom is -0.401 e. The Morgan fingerprint density at radius 3 is 2.20 bits per heavy atom. The zero-order valence-electron chi connectivity index (χ0n) is 5.72. The fourth-order valence-electron chi connectivity index (χ4n) is 0.462. The molecule has 0 fully saturated rings. The molecule has 0 bridgehead atoms. The van der Waals surface area contributed by atoms with E-state index in [0.717, 1.165) is 0 Å². The molecule has 4 N–H and O–H groups in total. The second-order valence-corrected chi connectivity index (χ2v) is 2.17. The van der Waals surface area contributed by atoms with Crippen LogP contribution in [0.5, 0.6) is 0 Å². The molecule has 4 heteroatoms. The molecule has 0 saturated heterocycles. The van der Waals surface area contributed by atoms with E-state index >= 15 is 0 Å². The van der Waals surface area contributed by atoms with Gasteiger partial charge in [0.2, 0.25) is 0 Å². The standard InChI is InChI=1S/C6H9N3S/c1-2-5(8)4(3-7)6(9)10/h2,8H2,1H3,(H2,9,10)/b5-4+. The Bertz CT molecular complexity index is 212. The van der Waals surface area contributed by atoms with Crippen LogP contribution in [0.4, 0.5) is 0 Å². The number of hydrogen-bond donors (Lipinski definition) is 2. The molecule has 0 radical (unpaired) electrons. The summed E-state index contributed by atoms with van der Waals surface area (Å²) in [6.07, 6.45) is 0.597. The minimum absolute atomic E-state index is 0.0712. The monoisotopic (exact) mass is 155 g/mol. The number of nitrogens with zero attached hydrogens (tertiary/aromatic N) is 1. The second-order valence-electron chi connectivity index (χ2n) is 1.73. The first-order valence-electron chi connectivity index (χ1n) is 2.82. The van der Waals surface area contributed by atoms with E-state index in [-0.39, 0.29) is 10.6 Å². The highest BCUT2D eigenvalue weighted by molar-refractivity contribution is 7.80. The molecule has 0 aliphatic heterocycles. The number of rotatable bonds is 2. The molecular weight excluding hydrogens is 146 g/mol. The highest BCUT2D eigenvalue weighted by Gasteiger charge is 2.02. The summed E-state index contributed by atoms with van der Waals surface area (Å²) in [7, 11) is 0. The van der Waals surface area contributed by atoms with Crippen LogP contribution in [-0.2, 0) is 0 Å². The predicted octanol–water partition coefficient (Wildman–Crippen LogP) is 0.419. The molecule has 0 heterocycles. The molecule has 0 aromatic heterocycles. The molecule has 0 aliphatic rings. The normalized spacial score (nSPS) is 11.6. The third-order valence-electron chi connectivity index (χ3n) is 1.06. The molecule has 0 atom stereocenters. The van der Waals surface area contributed by atoms with Crippen LogP contribution in [0.15, 0.2) is 11.3 Å². The molecule has 0 aromatic carbocycles. The highest BCUT2D eigenvalue weighted by Crippen LogP contribution is 2.00. The quantitative estimate of drug-likeness (QED) is 0.344. The fraction of sp³-hybridized carbons (Fsp3) is 0.333. The maximum atomic E-state index is 8.44.